The number of rotatable bonds is 4. The van der Waals surface area contributed by atoms with E-state index in [9.17, 15) is 4.39 Å². The van der Waals surface area contributed by atoms with Gasteiger partial charge in [-0.05, 0) is 63.4 Å². The average Bonchev–Trinajstić information content (AvgIpc) is 3.36. The molecule has 2 aliphatic rings. The van der Waals surface area contributed by atoms with E-state index in [4.69, 9.17) is 15.2 Å². The van der Waals surface area contributed by atoms with Gasteiger partial charge in [-0.2, -0.15) is 0 Å². The molecule has 1 saturated carbocycles. The number of halogens is 1. The molecule has 2 aromatic heterocycles. The van der Waals surface area contributed by atoms with Crippen molar-refractivity contribution in [2.24, 2.45) is 11.7 Å². The van der Waals surface area contributed by atoms with Crippen molar-refractivity contribution in [3.63, 3.8) is 0 Å². The normalized spacial score (nSPS) is 28.7. The van der Waals surface area contributed by atoms with Gasteiger partial charge in [0.1, 0.15) is 23.9 Å². The van der Waals surface area contributed by atoms with Gasteiger partial charge in [-0.3, -0.25) is 0 Å². The van der Waals surface area contributed by atoms with Crippen molar-refractivity contribution >= 4 is 11.0 Å². The Balaban J connectivity index is 1.55. The van der Waals surface area contributed by atoms with E-state index in [1.54, 1.807) is 6.33 Å². The van der Waals surface area contributed by atoms with Crippen molar-refractivity contribution < 1.29 is 13.9 Å². The summed E-state index contributed by atoms with van der Waals surface area (Å²) in [5.74, 6) is -0.703. The second-order valence-corrected chi connectivity index (χ2v) is 8.84. The topological polar surface area (TPSA) is 75.2 Å². The number of benzene rings is 1. The summed E-state index contributed by atoms with van der Waals surface area (Å²) in [7, 11) is 0. The number of aromatic nitrogens is 3. The summed E-state index contributed by atoms with van der Waals surface area (Å²) in [5.41, 5.74) is 9.13. The van der Waals surface area contributed by atoms with Crippen molar-refractivity contribution in [1.29, 1.82) is 0 Å². The Bertz CT molecular complexity index is 1060. The Hall–Kier alpha value is -2.35. The molecule has 3 heterocycles. The van der Waals surface area contributed by atoms with Crippen LogP contribution in [0, 0.1) is 18.7 Å². The monoisotopic (exact) mass is 410 g/mol. The third-order valence-corrected chi connectivity index (χ3v) is 6.61. The number of aryl methyl sites for hydroxylation is 1. The molecule has 0 amide bonds. The van der Waals surface area contributed by atoms with Gasteiger partial charge >= 0.3 is 0 Å². The molecule has 1 aromatic carbocycles. The van der Waals surface area contributed by atoms with Crippen LogP contribution in [0.2, 0.25) is 0 Å². The van der Waals surface area contributed by atoms with Gasteiger partial charge in [0.2, 0.25) is 0 Å². The molecule has 0 spiro atoms. The van der Waals surface area contributed by atoms with E-state index in [-0.39, 0.29) is 35.9 Å². The minimum atomic E-state index is -0.665. The lowest BCUT2D eigenvalue weighted by molar-refractivity contribution is -0.161. The summed E-state index contributed by atoms with van der Waals surface area (Å²) in [6.45, 7) is 6.36. The van der Waals surface area contributed by atoms with E-state index in [0.717, 1.165) is 28.7 Å². The van der Waals surface area contributed by atoms with Crippen LogP contribution in [0.5, 0.6) is 0 Å². The van der Waals surface area contributed by atoms with Crippen LogP contribution in [-0.2, 0) is 9.47 Å². The summed E-state index contributed by atoms with van der Waals surface area (Å²) in [6, 6.07) is 8.79. The van der Waals surface area contributed by atoms with E-state index in [1.165, 1.54) is 12.1 Å². The van der Waals surface area contributed by atoms with Crippen LogP contribution in [0.25, 0.3) is 11.0 Å². The maximum atomic E-state index is 13.5. The Kier molecular flexibility index (Phi) is 4.65. The second kappa shape index (κ2) is 7.11. The molecule has 6 nitrogen and oxygen atoms in total. The molecule has 1 saturated heterocycles. The number of nitrogens with two attached hydrogens (primary N) is 1. The molecule has 0 bridgehead atoms. The van der Waals surface area contributed by atoms with Gasteiger partial charge in [0.25, 0.3) is 0 Å². The van der Waals surface area contributed by atoms with Gasteiger partial charge in [0, 0.05) is 17.5 Å². The van der Waals surface area contributed by atoms with Crippen LogP contribution in [-0.4, -0.2) is 39.1 Å². The maximum Gasteiger partial charge on any atom is 0.163 e. The number of nitrogens with zero attached hydrogens (tertiary/aromatic N) is 3. The highest BCUT2D eigenvalue weighted by molar-refractivity contribution is 5.78. The molecular weight excluding hydrogens is 383 g/mol. The zero-order valence-electron chi connectivity index (χ0n) is 17.5. The zero-order chi connectivity index (χ0) is 21.0. The van der Waals surface area contributed by atoms with Gasteiger partial charge in [0.15, 0.2) is 5.79 Å². The fourth-order valence-electron chi connectivity index (χ4n) is 5.29. The maximum absolute atomic E-state index is 13.5. The molecule has 158 valence electrons. The van der Waals surface area contributed by atoms with Crippen molar-refractivity contribution in [1.82, 2.24) is 14.5 Å². The first-order valence-corrected chi connectivity index (χ1v) is 10.5. The molecule has 1 aliphatic carbocycles. The largest absolute Gasteiger partial charge is 0.344 e. The minimum absolute atomic E-state index is 0.0544. The Morgan fingerprint density at radius 1 is 1.17 bits per heavy atom. The summed E-state index contributed by atoms with van der Waals surface area (Å²) in [5, 5.41) is 1.05. The van der Waals surface area contributed by atoms with Crippen LogP contribution in [0.3, 0.4) is 0 Å². The van der Waals surface area contributed by atoms with Gasteiger partial charge in [0.05, 0.1) is 17.8 Å². The number of hydrogen-bond acceptors (Lipinski definition) is 5. The van der Waals surface area contributed by atoms with Gasteiger partial charge in [-0.1, -0.05) is 12.1 Å². The first kappa shape index (κ1) is 19.6. The van der Waals surface area contributed by atoms with Gasteiger partial charge in [-0.25, -0.2) is 14.4 Å². The molecule has 2 N–H and O–H groups in total. The van der Waals surface area contributed by atoms with E-state index in [1.807, 2.05) is 32.9 Å². The third-order valence-electron chi connectivity index (χ3n) is 6.61. The fourth-order valence-corrected chi connectivity index (χ4v) is 5.29. The van der Waals surface area contributed by atoms with E-state index in [0.29, 0.717) is 6.54 Å². The molecule has 3 aromatic rings. The summed E-state index contributed by atoms with van der Waals surface area (Å²) >= 11 is 0. The lowest BCUT2D eigenvalue weighted by Crippen LogP contribution is -2.32. The molecule has 5 atom stereocenters. The van der Waals surface area contributed by atoms with Crippen molar-refractivity contribution in [2.75, 3.05) is 6.54 Å². The van der Waals surface area contributed by atoms with Gasteiger partial charge < -0.3 is 19.8 Å². The van der Waals surface area contributed by atoms with Crippen LogP contribution in [0.15, 0.2) is 42.9 Å². The standard InChI is InChI=1S/C23H27FN4O2/c1-13-16-8-9-28(22(16)27-12-26-13)19-10-17(20-21(19)30-23(2,3)29-20)18(11-25)14-4-6-15(24)7-5-14/h4-9,12,17-21H,10-11,25H2,1-3H3/t17-,18?,19-,20-,21+/m1/s1. The van der Waals surface area contributed by atoms with Crippen molar-refractivity contribution in [3.05, 3.63) is 59.9 Å². The Labute approximate surface area is 175 Å². The smallest absolute Gasteiger partial charge is 0.163 e. The zero-order valence-corrected chi connectivity index (χ0v) is 17.5. The summed E-state index contributed by atoms with van der Waals surface area (Å²) in [6.07, 6.45) is 4.32. The van der Waals surface area contributed by atoms with Gasteiger partial charge in [-0.15, -0.1) is 0 Å². The van der Waals surface area contributed by atoms with Crippen LogP contribution >= 0.6 is 0 Å². The van der Waals surface area contributed by atoms with E-state index in [2.05, 4.69) is 26.8 Å². The van der Waals surface area contributed by atoms with Crippen molar-refractivity contribution in [2.45, 2.75) is 57.1 Å². The minimum Gasteiger partial charge on any atom is -0.344 e. The Morgan fingerprint density at radius 2 is 1.90 bits per heavy atom. The highest BCUT2D eigenvalue weighted by Crippen LogP contribution is 2.51. The van der Waals surface area contributed by atoms with E-state index >= 15 is 0 Å². The average molecular weight is 410 g/mol. The molecule has 1 aliphatic heterocycles. The summed E-state index contributed by atoms with van der Waals surface area (Å²) in [4.78, 5) is 8.86. The number of fused-ring (bicyclic) bond motifs is 2. The SMILES string of the molecule is Cc1ncnc2c1ccn2[C@@H]1C[C@H](C(CN)c2ccc(F)cc2)[C@H]2OC(C)(C)O[C@H]21. The predicted octanol–water partition coefficient (Wildman–Crippen LogP) is 3.70. The molecule has 2 fully saturated rings. The van der Waals surface area contributed by atoms with Crippen LogP contribution in [0.1, 0.15) is 43.5 Å². The highest BCUT2D eigenvalue weighted by Gasteiger charge is 2.56. The molecule has 0 radical (unpaired) electrons. The Morgan fingerprint density at radius 3 is 2.63 bits per heavy atom. The number of hydrogen-bond donors (Lipinski definition) is 1. The molecule has 7 heteroatoms. The lowest BCUT2D eigenvalue weighted by Gasteiger charge is -2.29. The molecular formula is C23H27FN4O2. The molecule has 30 heavy (non-hydrogen) atoms. The predicted molar refractivity (Wildman–Crippen MR) is 111 cm³/mol. The molecule has 1 unspecified atom stereocenters. The first-order valence-electron chi connectivity index (χ1n) is 10.5. The fraction of sp³-hybridized carbons (Fsp3) is 0.478. The van der Waals surface area contributed by atoms with Crippen LogP contribution < -0.4 is 5.73 Å². The second-order valence-electron chi connectivity index (χ2n) is 8.84. The quantitative estimate of drug-likeness (QED) is 0.710. The lowest BCUT2D eigenvalue weighted by atomic mass is 9.83. The van der Waals surface area contributed by atoms with E-state index < -0.39 is 5.79 Å². The molecule has 5 rings (SSSR count). The van der Waals surface area contributed by atoms with Crippen LogP contribution in [0.4, 0.5) is 4.39 Å². The third kappa shape index (κ3) is 3.12. The first-order chi connectivity index (χ1) is 14.4. The summed E-state index contributed by atoms with van der Waals surface area (Å²) < 4.78 is 28.4. The van der Waals surface area contributed by atoms with Crippen molar-refractivity contribution in [3.8, 4) is 0 Å². The number of ether oxygens (including phenoxy) is 2. The highest BCUT2D eigenvalue weighted by atomic mass is 19.1.